The summed E-state index contributed by atoms with van der Waals surface area (Å²) in [4.78, 5) is 0. The molecule has 1 aliphatic heterocycles. The minimum absolute atomic E-state index is 0.126. The van der Waals surface area contributed by atoms with Crippen LogP contribution in [-0.4, -0.2) is 6.54 Å². The van der Waals surface area contributed by atoms with Gasteiger partial charge in [0, 0.05) is 12.0 Å². The molecule has 0 unspecified atom stereocenters. The van der Waals surface area contributed by atoms with Crippen molar-refractivity contribution in [2.75, 3.05) is 6.54 Å². The monoisotopic (exact) mass is 248 g/mol. The smallest absolute Gasteiger partial charge is 0.123 e. The van der Waals surface area contributed by atoms with Gasteiger partial charge in [0.05, 0.1) is 6.07 Å². The lowest BCUT2D eigenvalue weighted by Gasteiger charge is -2.27. The molecule has 0 radical (unpaired) electrons. The molecule has 2 atom stereocenters. The maximum absolute atomic E-state index is 12.7. The Labute approximate surface area is 109 Å². The number of nitrogens with zero attached hydrogens (tertiary/aromatic N) is 1. The molecule has 1 aliphatic rings. The standard InChI is InChI=1S/C12H13FN2.C3H8/c13-11-3-1-10(2-4-11)12-7-9(8-14)5-6-15-12;1-3-2/h1-4,9,12,15H,5-7H2;3H2,1-2H3/t9-,12+;/m0./s1. The van der Waals surface area contributed by atoms with Gasteiger partial charge in [0.2, 0.25) is 0 Å². The summed E-state index contributed by atoms with van der Waals surface area (Å²) >= 11 is 0. The van der Waals surface area contributed by atoms with Gasteiger partial charge in [-0.15, -0.1) is 0 Å². The van der Waals surface area contributed by atoms with Crippen molar-refractivity contribution in [2.45, 2.75) is 39.2 Å². The molecule has 1 aromatic rings. The molecule has 0 bridgehead atoms. The van der Waals surface area contributed by atoms with Crippen molar-refractivity contribution in [3.63, 3.8) is 0 Å². The zero-order valence-electron chi connectivity index (χ0n) is 11.1. The Morgan fingerprint density at radius 2 is 1.94 bits per heavy atom. The largest absolute Gasteiger partial charge is 0.310 e. The molecule has 1 fully saturated rings. The third-order valence-electron chi connectivity index (χ3n) is 2.86. The summed E-state index contributed by atoms with van der Waals surface area (Å²) in [7, 11) is 0. The van der Waals surface area contributed by atoms with Crippen LogP contribution in [0.5, 0.6) is 0 Å². The van der Waals surface area contributed by atoms with Gasteiger partial charge in [0.1, 0.15) is 5.82 Å². The lowest BCUT2D eigenvalue weighted by atomic mass is 9.90. The number of piperidine rings is 1. The van der Waals surface area contributed by atoms with Crippen LogP contribution in [-0.2, 0) is 0 Å². The number of hydrogen-bond acceptors (Lipinski definition) is 2. The van der Waals surface area contributed by atoms with Gasteiger partial charge in [0.15, 0.2) is 0 Å². The fraction of sp³-hybridized carbons (Fsp3) is 0.533. The van der Waals surface area contributed by atoms with E-state index in [4.69, 9.17) is 5.26 Å². The number of nitriles is 1. The Bertz CT molecular complexity index is 380. The first-order valence-corrected chi connectivity index (χ1v) is 6.59. The van der Waals surface area contributed by atoms with E-state index in [9.17, 15) is 4.39 Å². The second kappa shape index (κ2) is 7.84. The summed E-state index contributed by atoms with van der Waals surface area (Å²) < 4.78 is 12.7. The highest BCUT2D eigenvalue weighted by atomic mass is 19.1. The fourth-order valence-corrected chi connectivity index (χ4v) is 1.98. The van der Waals surface area contributed by atoms with Crippen LogP contribution in [0.15, 0.2) is 24.3 Å². The van der Waals surface area contributed by atoms with Gasteiger partial charge in [-0.3, -0.25) is 0 Å². The molecule has 2 rings (SSSR count). The number of rotatable bonds is 1. The highest BCUT2D eigenvalue weighted by Crippen LogP contribution is 2.26. The Kier molecular flexibility index (Phi) is 6.38. The normalized spacial score (nSPS) is 22.6. The first kappa shape index (κ1) is 14.7. The minimum Gasteiger partial charge on any atom is -0.310 e. The quantitative estimate of drug-likeness (QED) is 0.820. The molecule has 0 saturated carbocycles. The van der Waals surface area contributed by atoms with Crippen molar-refractivity contribution < 1.29 is 4.39 Å². The minimum atomic E-state index is -0.216. The van der Waals surface area contributed by atoms with Crippen molar-refractivity contribution in [1.29, 1.82) is 5.26 Å². The Morgan fingerprint density at radius 1 is 1.33 bits per heavy atom. The van der Waals surface area contributed by atoms with E-state index in [-0.39, 0.29) is 17.8 Å². The van der Waals surface area contributed by atoms with Gasteiger partial charge < -0.3 is 5.32 Å². The first-order valence-electron chi connectivity index (χ1n) is 6.59. The van der Waals surface area contributed by atoms with Crippen molar-refractivity contribution in [3.05, 3.63) is 35.6 Å². The maximum Gasteiger partial charge on any atom is 0.123 e. The highest BCUT2D eigenvalue weighted by Gasteiger charge is 2.22. The zero-order chi connectivity index (χ0) is 13.4. The van der Waals surface area contributed by atoms with Crippen molar-refractivity contribution in [1.82, 2.24) is 5.32 Å². The van der Waals surface area contributed by atoms with E-state index in [1.807, 2.05) is 0 Å². The van der Waals surface area contributed by atoms with Crippen LogP contribution in [0.4, 0.5) is 4.39 Å². The van der Waals surface area contributed by atoms with Crippen LogP contribution in [0, 0.1) is 23.1 Å². The van der Waals surface area contributed by atoms with Crippen molar-refractivity contribution in [2.24, 2.45) is 5.92 Å². The van der Waals surface area contributed by atoms with Crippen LogP contribution < -0.4 is 5.32 Å². The van der Waals surface area contributed by atoms with E-state index in [1.165, 1.54) is 18.6 Å². The van der Waals surface area contributed by atoms with Gasteiger partial charge in [-0.2, -0.15) is 5.26 Å². The molecule has 1 N–H and O–H groups in total. The molecule has 98 valence electrons. The Balaban J connectivity index is 0.000000492. The lowest BCUT2D eigenvalue weighted by Crippen LogP contribution is -2.31. The molecule has 1 aromatic carbocycles. The van der Waals surface area contributed by atoms with E-state index in [0.29, 0.717) is 0 Å². The van der Waals surface area contributed by atoms with E-state index in [1.54, 1.807) is 12.1 Å². The average molecular weight is 248 g/mol. The molecule has 0 spiro atoms. The molecular weight excluding hydrogens is 227 g/mol. The molecule has 2 nitrogen and oxygen atoms in total. The predicted molar refractivity (Wildman–Crippen MR) is 71.4 cm³/mol. The summed E-state index contributed by atoms with van der Waals surface area (Å²) in [5.41, 5.74) is 1.07. The number of nitrogens with one attached hydrogen (secondary N) is 1. The molecule has 18 heavy (non-hydrogen) atoms. The summed E-state index contributed by atoms with van der Waals surface area (Å²) in [6.45, 7) is 5.11. The van der Waals surface area contributed by atoms with E-state index in [0.717, 1.165) is 24.9 Å². The second-order valence-corrected chi connectivity index (χ2v) is 4.62. The van der Waals surface area contributed by atoms with Gasteiger partial charge in [-0.05, 0) is 37.1 Å². The van der Waals surface area contributed by atoms with Gasteiger partial charge >= 0.3 is 0 Å². The molecule has 1 heterocycles. The van der Waals surface area contributed by atoms with Crippen LogP contribution >= 0.6 is 0 Å². The number of hydrogen-bond donors (Lipinski definition) is 1. The van der Waals surface area contributed by atoms with Crippen LogP contribution in [0.3, 0.4) is 0 Å². The summed E-state index contributed by atoms with van der Waals surface area (Å²) in [6, 6.07) is 9.00. The third-order valence-corrected chi connectivity index (χ3v) is 2.86. The summed E-state index contributed by atoms with van der Waals surface area (Å²) in [5, 5.41) is 12.2. The van der Waals surface area contributed by atoms with E-state index >= 15 is 0 Å². The van der Waals surface area contributed by atoms with E-state index in [2.05, 4.69) is 25.2 Å². The third kappa shape index (κ3) is 4.46. The Hall–Kier alpha value is -1.40. The van der Waals surface area contributed by atoms with Crippen molar-refractivity contribution >= 4 is 0 Å². The number of benzene rings is 1. The lowest BCUT2D eigenvalue weighted by molar-refractivity contribution is 0.356. The van der Waals surface area contributed by atoms with Crippen LogP contribution in [0.1, 0.15) is 44.7 Å². The summed E-state index contributed by atoms with van der Waals surface area (Å²) in [6.07, 6.45) is 2.98. The molecule has 0 amide bonds. The van der Waals surface area contributed by atoms with Crippen LogP contribution in [0.25, 0.3) is 0 Å². The van der Waals surface area contributed by atoms with Crippen LogP contribution in [0.2, 0.25) is 0 Å². The van der Waals surface area contributed by atoms with Gasteiger partial charge in [-0.1, -0.05) is 32.4 Å². The number of halogens is 1. The predicted octanol–water partition coefficient (Wildman–Crippen LogP) is 3.81. The first-order chi connectivity index (χ1) is 8.71. The van der Waals surface area contributed by atoms with Crippen molar-refractivity contribution in [3.8, 4) is 6.07 Å². The van der Waals surface area contributed by atoms with Gasteiger partial charge in [-0.25, -0.2) is 4.39 Å². The molecular formula is C15H21FN2. The van der Waals surface area contributed by atoms with E-state index < -0.39 is 0 Å². The SMILES string of the molecule is CCC.N#C[C@H]1CCN[C@@H](c2ccc(F)cc2)C1. The van der Waals surface area contributed by atoms with Gasteiger partial charge in [0.25, 0.3) is 0 Å². The second-order valence-electron chi connectivity index (χ2n) is 4.62. The molecule has 3 heteroatoms. The molecule has 0 aliphatic carbocycles. The average Bonchev–Trinajstić information content (AvgIpc) is 2.40. The zero-order valence-corrected chi connectivity index (χ0v) is 11.1. The topological polar surface area (TPSA) is 35.8 Å². The Morgan fingerprint density at radius 3 is 2.50 bits per heavy atom. The maximum atomic E-state index is 12.7. The fourth-order valence-electron chi connectivity index (χ4n) is 1.98. The summed E-state index contributed by atoms with van der Waals surface area (Å²) in [5.74, 6) is -0.0901. The highest BCUT2D eigenvalue weighted by molar-refractivity contribution is 5.21. The molecule has 1 saturated heterocycles. The molecule has 0 aromatic heterocycles.